The van der Waals surface area contributed by atoms with Gasteiger partial charge >= 0.3 is 0 Å². The SMILES string of the molecule is Cc1cccc(C(C)(C)C)c1-c1ccccc1. The lowest BCUT2D eigenvalue weighted by molar-refractivity contribution is 0.591. The van der Waals surface area contributed by atoms with Crippen LogP contribution in [0.3, 0.4) is 0 Å². The molecule has 0 aromatic heterocycles. The van der Waals surface area contributed by atoms with Gasteiger partial charge in [-0.15, -0.1) is 0 Å². The van der Waals surface area contributed by atoms with E-state index in [1.165, 1.54) is 22.3 Å². The minimum absolute atomic E-state index is 0.178. The fraction of sp³-hybridized carbons (Fsp3) is 0.294. The van der Waals surface area contributed by atoms with Crippen molar-refractivity contribution in [3.63, 3.8) is 0 Å². The van der Waals surface area contributed by atoms with Gasteiger partial charge in [-0.2, -0.15) is 0 Å². The maximum atomic E-state index is 2.27. The predicted octanol–water partition coefficient (Wildman–Crippen LogP) is 4.96. The van der Waals surface area contributed by atoms with Crippen molar-refractivity contribution in [3.8, 4) is 11.1 Å². The molecule has 0 spiro atoms. The summed E-state index contributed by atoms with van der Waals surface area (Å²) in [4.78, 5) is 0. The normalized spacial score (nSPS) is 11.5. The number of benzene rings is 2. The van der Waals surface area contributed by atoms with Crippen molar-refractivity contribution in [2.75, 3.05) is 0 Å². The highest BCUT2D eigenvalue weighted by Gasteiger charge is 2.19. The molecule has 2 rings (SSSR count). The summed E-state index contributed by atoms with van der Waals surface area (Å²) in [5, 5.41) is 0. The van der Waals surface area contributed by atoms with Crippen molar-refractivity contribution in [1.29, 1.82) is 0 Å². The van der Waals surface area contributed by atoms with Crippen LogP contribution in [0.15, 0.2) is 48.5 Å². The molecule has 0 nitrogen and oxygen atoms in total. The summed E-state index contributed by atoms with van der Waals surface area (Å²) in [5.41, 5.74) is 5.65. The molecule has 0 amide bonds. The first-order valence-corrected chi connectivity index (χ1v) is 6.15. The summed E-state index contributed by atoms with van der Waals surface area (Å²) >= 11 is 0. The third kappa shape index (κ3) is 2.41. The Labute approximate surface area is 104 Å². The molecule has 2 aromatic carbocycles. The van der Waals surface area contributed by atoms with Gasteiger partial charge in [-0.3, -0.25) is 0 Å². The zero-order valence-corrected chi connectivity index (χ0v) is 11.1. The Morgan fingerprint density at radius 3 is 2.00 bits per heavy atom. The minimum Gasteiger partial charge on any atom is -0.0622 e. The molecule has 17 heavy (non-hydrogen) atoms. The van der Waals surface area contributed by atoms with Crippen LogP contribution in [-0.4, -0.2) is 0 Å². The molecular weight excluding hydrogens is 204 g/mol. The third-order valence-corrected chi connectivity index (χ3v) is 3.14. The van der Waals surface area contributed by atoms with Gasteiger partial charge in [0.1, 0.15) is 0 Å². The molecule has 0 heterocycles. The lowest BCUT2D eigenvalue weighted by atomic mass is 9.80. The molecule has 0 saturated carbocycles. The Bertz CT molecular complexity index is 501. The molecule has 0 bridgehead atoms. The first-order valence-electron chi connectivity index (χ1n) is 6.15. The average Bonchev–Trinajstić information content (AvgIpc) is 2.28. The van der Waals surface area contributed by atoms with Crippen LogP contribution in [0.2, 0.25) is 0 Å². The smallest absolute Gasteiger partial charge is 0.0117 e. The highest BCUT2D eigenvalue weighted by atomic mass is 14.2. The molecule has 2 aromatic rings. The molecule has 0 aliphatic heterocycles. The lowest BCUT2D eigenvalue weighted by Gasteiger charge is -2.24. The summed E-state index contributed by atoms with van der Waals surface area (Å²) in [6, 6.07) is 17.3. The molecule has 88 valence electrons. The van der Waals surface area contributed by atoms with Crippen LogP contribution >= 0.6 is 0 Å². The van der Waals surface area contributed by atoms with E-state index in [1.807, 2.05) is 0 Å². The number of rotatable bonds is 1. The monoisotopic (exact) mass is 224 g/mol. The summed E-state index contributed by atoms with van der Waals surface area (Å²) in [7, 11) is 0. The van der Waals surface area contributed by atoms with Gasteiger partial charge in [-0.25, -0.2) is 0 Å². The molecule has 0 aliphatic rings. The van der Waals surface area contributed by atoms with E-state index in [0.29, 0.717) is 0 Å². The van der Waals surface area contributed by atoms with Crippen LogP contribution < -0.4 is 0 Å². The summed E-state index contributed by atoms with van der Waals surface area (Å²) in [5.74, 6) is 0. The minimum atomic E-state index is 0.178. The Hall–Kier alpha value is -1.56. The van der Waals surface area contributed by atoms with E-state index in [-0.39, 0.29) is 5.41 Å². The molecule has 0 atom stereocenters. The quantitative estimate of drug-likeness (QED) is 0.642. The maximum Gasteiger partial charge on any atom is -0.0117 e. The average molecular weight is 224 g/mol. The molecular formula is C17H20. The van der Waals surface area contributed by atoms with Crippen molar-refractivity contribution >= 4 is 0 Å². The maximum absolute atomic E-state index is 2.27. The standard InChI is InChI=1S/C17H20/c1-13-9-8-12-15(17(2,3)4)16(13)14-10-6-5-7-11-14/h5-12H,1-4H3. The molecule has 0 heteroatoms. The number of hydrogen-bond acceptors (Lipinski definition) is 0. The molecule has 0 unspecified atom stereocenters. The molecule has 0 fully saturated rings. The van der Waals surface area contributed by atoms with Crippen molar-refractivity contribution in [2.24, 2.45) is 0 Å². The predicted molar refractivity (Wildman–Crippen MR) is 75.3 cm³/mol. The molecule has 0 radical (unpaired) electrons. The van der Waals surface area contributed by atoms with Gasteiger partial charge in [0, 0.05) is 0 Å². The summed E-state index contributed by atoms with van der Waals surface area (Å²) < 4.78 is 0. The van der Waals surface area contributed by atoms with Crippen molar-refractivity contribution in [3.05, 3.63) is 59.7 Å². The zero-order chi connectivity index (χ0) is 12.5. The topological polar surface area (TPSA) is 0 Å². The second-order valence-electron chi connectivity index (χ2n) is 5.61. The third-order valence-electron chi connectivity index (χ3n) is 3.14. The first kappa shape index (κ1) is 11.9. The second-order valence-corrected chi connectivity index (χ2v) is 5.61. The van der Waals surface area contributed by atoms with Crippen molar-refractivity contribution in [1.82, 2.24) is 0 Å². The van der Waals surface area contributed by atoms with Crippen LogP contribution in [-0.2, 0) is 5.41 Å². The van der Waals surface area contributed by atoms with E-state index in [9.17, 15) is 0 Å². The summed E-state index contributed by atoms with van der Waals surface area (Å²) in [6.07, 6.45) is 0. The van der Waals surface area contributed by atoms with Gasteiger partial charge in [0.05, 0.1) is 0 Å². The Kier molecular flexibility index (Phi) is 3.06. The van der Waals surface area contributed by atoms with Gasteiger partial charge in [-0.05, 0) is 34.6 Å². The number of hydrogen-bond donors (Lipinski definition) is 0. The van der Waals surface area contributed by atoms with Gasteiger partial charge < -0.3 is 0 Å². The van der Waals surface area contributed by atoms with Gasteiger partial charge in [-0.1, -0.05) is 69.3 Å². The first-order chi connectivity index (χ1) is 8.00. The van der Waals surface area contributed by atoms with Crippen molar-refractivity contribution in [2.45, 2.75) is 33.1 Å². The van der Waals surface area contributed by atoms with Crippen LogP contribution in [0.25, 0.3) is 11.1 Å². The Morgan fingerprint density at radius 2 is 1.41 bits per heavy atom. The Balaban J connectivity index is 2.69. The fourth-order valence-corrected chi connectivity index (χ4v) is 2.28. The lowest BCUT2D eigenvalue weighted by Crippen LogP contribution is -2.13. The summed E-state index contributed by atoms with van der Waals surface area (Å²) in [6.45, 7) is 9.01. The van der Waals surface area contributed by atoms with Crippen LogP contribution in [0.5, 0.6) is 0 Å². The zero-order valence-electron chi connectivity index (χ0n) is 11.1. The van der Waals surface area contributed by atoms with Gasteiger partial charge in [0.15, 0.2) is 0 Å². The van der Waals surface area contributed by atoms with E-state index in [0.717, 1.165) is 0 Å². The highest BCUT2D eigenvalue weighted by molar-refractivity contribution is 5.72. The van der Waals surface area contributed by atoms with Crippen LogP contribution in [0, 0.1) is 6.92 Å². The largest absolute Gasteiger partial charge is 0.0622 e. The van der Waals surface area contributed by atoms with E-state index in [4.69, 9.17) is 0 Å². The highest BCUT2D eigenvalue weighted by Crippen LogP contribution is 2.34. The van der Waals surface area contributed by atoms with Crippen LogP contribution in [0.1, 0.15) is 31.9 Å². The van der Waals surface area contributed by atoms with E-state index in [1.54, 1.807) is 0 Å². The van der Waals surface area contributed by atoms with E-state index < -0.39 is 0 Å². The second kappa shape index (κ2) is 4.37. The molecule has 0 N–H and O–H groups in total. The Morgan fingerprint density at radius 1 is 0.765 bits per heavy atom. The van der Waals surface area contributed by atoms with E-state index >= 15 is 0 Å². The fourth-order valence-electron chi connectivity index (χ4n) is 2.28. The molecule has 0 saturated heterocycles. The number of aryl methyl sites for hydroxylation is 1. The molecule has 0 aliphatic carbocycles. The van der Waals surface area contributed by atoms with Gasteiger partial charge in [0.2, 0.25) is 0 Å². The van der Waals surface area contributed by atoms with Crippen molar-refractivity contribution < 1.29 is 0 Å². The van der Waals surface area contributed by atoms with Crippen LogP contribution in [0.4, 0.5) is 0 Å². The van der Waals surface area contributed by atoms with Gasteiger partial charge in [0.25, 0.3) is 0 Å². The van der Waals surface area contributed by atoms with E-state index in [2.05, 4.69) is 76.2 Å².